The highest BCUT2D eigenvalue weighted by atomic mass is 19.1. The van der Waals surface area contributed by atoms with E-state index in [0.717, 1.165) is 22.4 Å². The van der Waals surface area contributed by atoms with Gasteiger partial charge in [-0.15, -0.1) is 0 Å². The summed E-state index contributed by atoms with van der Waals surface area (Å²) in [6.07, 6.45) is 0. The Hall–Kier alpha value is -2.36. The molecule has 0 bridgehead atoms. The van der Waals surface area contributed by atoms with E-state index in [0.29, 0.717) is 6.54 Å². The van der Waals surface area contributed by atoms with Crippen LogP contribution < -0.4 is 10.1 Å². The van der Waals surface area contributed by atoms with E-state index in [1.54, 1.807) is 12.1 Å². The van der Waals surface area contributed by atoms with Gasteiger partial charge in [0.2, 0.25) is 0 Å². The van der Waals surface area contributed by atoms with Crippen molar-refractivity contribution in [2.45, 2.75) is 20.4 Å². The Kier molecular flexibility index (Phi) is 4.93. The van der Waals surface area contributed by atoms with Crippen LogP contribution in [0.1, 0.15) is 16.7 Å². The molecule has 2 aromatic rings. The molecule has 0 atom stereocenters. The third kappa shape index (κ3) is 4.31. The van der Waals surface area contributed by atoms with Crippen LogP contribution in [0.15, 0.2) is 42.5 Å². The van der Waals surface area contributed by atoms with Gasteiger partial charge < -0.3 is 10.1 Å². The summed E-state index contributed by atoms with van der Waals surface area (Å²) in [7, 11) is 0. The molecular formula is C17H18FNO2. The number of para-hydroxylation sites is 1. The van der Waals surface area contributed by atoms with Crippen LogP contribution in [0, 0.1) is 19.7 Å². The number of hydrogen-bond acceptors (Lipinski definition) is 2. The largest absolute Gasteiger partial charge is 0.483 e. The lowest BCUT2D eigenvalue weighted by Crippen LogP contribution is -2.28. The minimum Gasteiger partial charge on any atom is -0.483 e. The molecule has 4 heteroatoms. The SMILES string of the molecule is Cc1cccc(C)c1OCC(=O)NCc1ccc(F)cc1. The summed E-state index contributed by atoms with van der Waals surface area (Å²) in [5.74, 6) is 0.250. The van der Waals surface area contributed by atoms with Gasteiger partial charge in [0.25, 0.3) is 5.91 Å². The second-order valence-corrected chi connectivity index (χ2v) is 4.91. The van der Waals surface area contributed by atoms with Gasteiger partial charge >= 0.3 is 0 Å². The molecule has 0 aliphatic rings. The number of rotatable bonds is 5. The van der Waals surface area contributed by atoms with E-state index in [1.807, 2.05) is 32.0 Å². The smallest absolute Gasteiger partial charge is 0.258 e. The molecule has 3 nitrogen and oxygen atoms in total. The highest BCUT2D eigenvalue weighted by Crippen LogP contribution is 2.21. The summed E-state index contributed by atoms with van der Waals surface area (Å²) >= 11 is 0. The number of carbonyl (C=O) groups is 1. The minimum atomic E-state index is -0.288. The number of nitrogens with one attached hydrogen (secondary N) is 1. The zero-order valence-corrected chi connectivity index (χ0v) is 12.2. The molecular weight excluding hydrogens is 269 g/mol. The van der Waals surface area contributed by atoms with Gasteiger partial charge in [0.1, 0.15) is 11.6 Å². The maximum absolute atomic E-state index is 12.8. The molecule has 2 rings (SSSR count). The number of aryl methyl sites for hydroxylation is 2. The fraction of sp³-hybridized carbons (Fsp3) is 0.235. The number of ether oxygens (including phenoxy) is 1. The van der Waals surface area contributed by atoms with Gasteiger partial charge in [0.05, 0.1) is 0 Å². The van der Waals surface area contributed by atoms with Gasteiger partial charge in [-0.3, -0.25) is 4.79 Å². The Morgan fingerprint density at radius 3 is 2.33 bits per heavy atom. The van der Waals surface area contributed by atoms with Crippen molar-refractivity contribution < 1.29 is 13.9 Å². The van der Waals surface area contributed by atoms with Crippen LogP contribution in [0.25, 0.3) is 0 Å². The molecule has 0 aromatic heterocycles. The highest BCUT2D eigenvalue weighted by Gasteiger charge is 2.07. The van der Waals surface area contributed by atoms with Crippen molar-refractivity contribution in [3.63, 3.8) is 0 Å². The summed E-state index contributed by atoms with van der Waals surface area (Å²) in [6, 6.07) is 11.9. The van der Waals surface area contributed by atoms with E-state index < -0.39 is 0 Å². The minimum absolute atomic E-state index is 0.0348. The molecule has 1 N–H and O–H groups in total. The Morgan fingerprint density at radius 1 is 1.10 bits per heavy atom. The Bertz CT molecular complexity index is 603. The van der Waals surface area contributed by atoms with E-state index in [1.165, 1.54) is 12.1 Å². The Labute approximate surface area is 123 Å². The molecule has 0 unspecified atom stereocenters. The zero-order valence-electron chi connectivity index (χ0n) is 12.2. The lowest BCUT2D eigenvalue weighted by Gasteiger charge is -2.12. The second kappa shape index (κ2) is 6.88. The fourth-order valence-electron chi connectivity index (χ4n) is 2.02. The third-order valence-electron chi connectivity index (χ3n) is 3.16. The predicted molar refractivity (Wildman–Crippen MR) is 79.7 cm³/mol. The normalized spacial score (nSPS) is 10.2. The van der Waals surface area contributed by atoms with E-state index in [-0.39, 0.29) is 18.3 Å². The molecule has 110 valence electrons. The average molecular weight is 287 g/mol. The first kappa shape index (κ1) is 15.0. The van der Waals surface area contributed by atoms with E-state index in [4.69, 9.17) is 4.74 Å². The molecule has 0 radical (unpaired) electrons. The second-order valence-electron chi connectivity index (χ2n) is 4.91. The van der Waals surface area contributed by atoms with Gasteiger partial charge in [-0.25, -0.2) is 4.39 Å². The molecule has 0 saturated carbocycles. The molecule has 1 amide bonds. The van der Waals surface area contributed by atoms with Crippen molar-refractivity contribution in [3.05, 3.63) is 65.0 Å². The van der Waals surface area contributed by atoms with Gasteiger partial charge in [-0.2, -0.15) is 0 Å². The maximum Gasteiger partial charge on any atom is 0.258 e. The zero-order chi connectivity index (χ0) is 15.2. The Balaban J connectivity index is 1.84. The lowest BCUT2D eigenvalue weighted by atomic mass is 10.1. The number of carbonyl (C=O) groups excluding carboxylic acids is 1. The van der Waals surface area contributed by atoms with Crippen molar-refractivity contribution in [2.24, 2.45) is 0 Å². The summed E-state index contributed by atoms with van der Waals surface area (Å²) in [4.78, 5) is 11.8. The number of benzene rings is 2. The monoisotopic (exact) mass is 287 g/mol. The number of hydrogen-bond donors (Lipinski definition) is 1. The van der Waals surface area contributed by atoms with E-state index >= 15 is 0 Å². The lowest BCUT2D eigenvalue weighted by molar-refractivity contribution is -0.123. The van der Waals surface area contributed by atoms with Gasteiger partial charge in [0, 0.05) is 6.54 Å². The summed E-state index contributed by atoms with van der Waals surface area (Å²) < 4.78 is 18.3. The first-order valence-corrected chi connectivity index (χ1v) is 6.76. The van der Waals surface area contributed by atoms with Gasteiger partial charge in [0.15, 0.2) is 6.61 Å². The van der Waals surface area contributed by atoms with Crippen LogP contribution >= 0.6 is 0 Å². The number of halogens is 1. The van der Waals surface area contributed by atoms with Gasteiger partial charge in [-0.05, 0) is 42.7 Å². The Morgan fingerprint density at radius 2 is 1.71 bits per heavy atom. The quantitative estimate of drug-likeness (QED) is 0.917. The van der Waals surface area contributed by atoms with E-state index in [2.05, 4.69) is 5.32 Å². The van der Waals surface area contributed by atoms with E-state index in [9.17, 15) is 9.18 Å². The fourth-order valence-corrected chi connectivity index (χ4v) is 2.02. The molecule has 0 saturated heterocycles. The van der Waals surface area contributed by atoms with Crippen molar-refractivity contribution >= 4 is 5.91 Å². The van der Waals surface area contributed by atoms with Crippen molar-refractivity contribution in [3.8, 4) is 5.75 Å². The molecule has 0 fully saturated rings. The van der Waals surface area contributed by atoms with Crippen LogP contribution in [0.4, 0.5) is 4.39 Å². The molecule has 0 spiro atoms. The molecule has 0 aliphatic carbocycles. The molecule has 0 heterocycles. The van der Waals surface area contributed by atoms with Crippen LogP contribution in [-0.2, 0) is 11.3 Å². The average Bonchev–Trinajstić information content (AvgIpc) is 2.46. The van der Waals surface area contributed by atoms with Crippen molar-refractivity contribution in [2.75, 3.05) is 6.61 Å². The predicted octanol–water partition coefficient (Wildman–Crippen LogP) is 3.14. The number of amides is 1. The summed E-state index contributed by atoms with van der Waals surface area (Å²) in [5.41, 5.74) is 2.85. The first-order valence-electron chi connectivity index (χ1n) is 6.76. The van der Waals surface area contributed by atoms with Crippen LogP contribution in [-0.4, -0.2) is 12.5 Å². The third-order valence-corrected chi connectivity index (χ3v) is 3.16. The van der Waals surface area contributed by atoms with Crippen molar-refractivity contribution in [1.82, 2.24) is 5.32 Å². The van der Waals surface area contributed by atoms with Crippen LogP contribution in [0.3, 0.4) is 0 Å². The van der Waals surface area contributed by atoms with Crippen LogP contribution in [0.2, 0.25) is 0 Å². The summed E-state index contributed by atoms with van der Waals surface area (Å²) in [5, 5.41) is 2.74. The molecule has 0 aliphatic heterocycles. The topological polar surface area (TPSA) is 38.3 Å². The van der Waals surface area contributed by atoms with Gasteiger partial charge in [-0.1, -0.05) is 30.3 Å². The first-order chi connectivity index (χ1) is 10.1. The highest BCUT2D eigenvalue weighted by molar-refractivity contribution is 5.77. The van der Waals surface area contributed by atoms with Crippen molar-refractivity contribution in [1.29, 1.82) is 0 Å². The summed E-state index contributed by atoms with van der Waals surface area (Å²) in [6.45, 7) is 4.21. The molecule has 2 aromatic carbocycles. The maximum atomic E-state index is 12.8. The van der Waals surface area contributed by atoms with Crippen LogP contribution in [0.5, 0.6) is 5.75 Å². The molecule has 21 heavy (non-hydrogen) atoms. The standard InChI is InChI=1S/C17H18FNO2/c1-12-4-3-5-13(2)17(12)21-11-16(20)19-10-14-6-8-15(18)9-7-14/h3-9H,10-11H2,1-2H3,(H,19,20).